The number of ether oxygens (including phenoxy) is 2. The van der Waals surface area contributed by atoms with Crippen molar-refractivity contribution in [2.24, 2.45) is 0 Å². The summed E-state index contributed by atoms with van der Waals surface area (Å²) in [6.07, 6.45) is 0. The van der Waals surface area contributed by atoms with Gasteiger partial charge in [0.2, 0.25) is 11.5 Å². The van der Waals surface area contributed by atoms with Gasteiger partial charge in [0.15, 0.2) is 5.75 Å². The van der Waals surface area contributed by atoms with E-state index in [2.05, 4.69) is 4.89 Å². The normalized spacial score (nSPS) is 9.27. The van der Waals surface area contributed by atoms with Gasteiger partial charge in [-0.2, -0.15) is 0 Å². The van der Waals surface area contributed by atoms with E-state index in [0.717, 1.165) is 0 Å². The van der Waals surface area contributed by atoms with E-state index in [1.54, 1.807) is 18.2 Å². The Kier molecular flexibility index (Phi) is 3.79. The molecule has 0 saturated carbocycles. The van der Waals surface area contributed by atoms with Crippen molar-refractivity contribution in [1.82, 2.24) is 0 Å². The number of para-hydroxylation sites is 1. The highest BCUT2D eigenvalue weighted by atomic mass is 17.2. The molecule has 0 atom stereocenters. The molecular formula is C10H12O5. The molecule has 0 bridgehead atoms. The topological polar surface area (TPSA) is 54.0 Å². The summed E-state index contributed by atoms with van der Waals surface area (Å²) in [5.74, 6) is 0.621. The van der Waals surface area contributed by atoms with Crippen LogP contribution in [0.5, 0.6) is 17.2 Å². The zero-order valence-corrected chi connectivity index (χ0v) is 8.77. The number of carbonyl (C=O) groups excluding carboxylic acids is 1. The first-order chi connectivity index (χ1) is 7.19. The fraction of sp³-hybridized carbons (Fsp3) is 0.300. The van der Waals surface area contributed by atoms with E-state index in [1.165, 1.54) is 21.1 Å². The molecule has 1 aromatic carbocycles. The number of rotatable bonds is 4. The van der Waals surface area contributed by atoms with E-state index in [0.29, 0.717) is 11.5 Å². The van der Waals surface area contributed by atoms with E-state index in [1.807, 2.05) is 0 Å². The van der Waals surface area contributed by atoms with Gasteiger partial charge in [0.1, 0.15) is 0 Å². The molecule has 1 aromatic rings. The summed E-state index contributed by atoms with van der Waals surface area (Å²) in [7, 11) is 2.98. The van der Waals surface area contributed by atoms with Crippen molar-refractivity contribution in [3.05, 3.63) is 18.2 Å². The van der Waals surface area contributed by atoms with Gasteiger partial charge in [-0.15, -0.1) is 0 Å². The Morgan fingerprint density at radius 3 is 2.33 bits per heavy atom. The summed E-state index contributed by atoms with van der Waals surface area (Å²) < 4.78 is 10.1. The summed E-state index contributed by atoms with van der Waals surface area (Å²) in [6.45, 7) is 1.24. The van der Waals surface area contributed by atoms with Crippen LogP contribution < -0.4 is 14.4 Å². The Labute approximate surface area is 87.4 Å². The van der Waals surface area contributed by atoms with Gasteiger partial charge in [0.05, 0.1) is 14.2 Å². The highest BCUT2D eigenvalue weighted by Crippen LogP contribution is 2.36. The lowest BCUT2D eigenvalue weighted by molar-refractivity contribution is -0.211. The van der Waals surface area contributed by atoms with Crippen LogP contribution in [0.25, 0.3) is 0 Å². The summed E-state index contributed by atoms with van der Waals surface area (Å²) in [5, 5.41) is 0. The molecule has 0 aliphatic heterocycles. The Hall–Kier alpha value is -1.91. The van der Waals surface area contributed by atoms with Crippen molar-refractivity contribution in [2.75, 3.05) is 14.2 Å². The van der Waals surface area contributed by atoms with Gasteiger partial charge < -0.3 is 9.47 Å². The molecule has 5 nitrogen and oxygen atoms in total. The van der Waals surface area contributed by atoms with Gasteiger partial charge in [0.25, 0.3) is 0 Å². The second-order valence-electron chi connectivity index (χ2n) is 2.65. The van der Waals surface area contributed by atoms with Crippen LogP contribution in [0, 0.1) is 0 Å². The van der Waals surface area contributed by atoms with Gasteiger partial charge >= 0.3 is 5.97 Å². The maximum atomic E-state index is 10.6. The summed E-state index contributed by atoms with van der Waals surface area (Å²) in [4.78, 5) is 19.7. The predicted octanol–water partition coefficient (Wildman–Crippen LogP) is 1.56. The summed E-state index contributed by atoms with van der Waals surface area (Å²) in [6, 6.07) is 5.00. The number of carbonyl (C=O) groups is 1. The molecule has 15 heavy (non-hydrogen) atoms. The minimum Gasteiger partial charge on any atom is -0.493 e. The van der Waals surface area contributed by atoms with Crippen molar-refractivity contribution in [3.63, 3.8) is 0 Å². The maximum Gasteiger partial charge on any atom is 0.352 e. The minimum atomic E-state index is -0.542. The fourth-order valence-corrected chi connectivity index (χ4v) is 1.03. The number of hydrogen-bond donors (Lipinski definition) is 0. The van der Waals surface area contributed by atoms with Crippen LogP contribution in [0.3, 0.4) is 0 Å². The van der Waals surface area contributed by atoms with Crippen molar-refractivity contribution < 1.29 is 24.0 Å². The molecule has 0 fully saturated rings. The van der Waals surface area contributed by atoms with Crippen LogP contribution in [0.4, 0.5) is 0 Å². The van der Waals surface area contributed by atoms with Gasteiger partial charge in [0, 0.05) is 6.92 Å². The predicted molar refractivity (Wildman–Crippen MR) is 51.9 cm³/mol. The molecule has 0 aromatic heterocycles. The van der Waals surface area contributed by atoms with Crippen LogP contribution in [-0.2, 0) is 9.68 Å². The molecule has 0 N–H and O–H groups in total. The average molecular weight is 212 g/mol. The number of hydrogen-bond acceptors (Lipinski definition) is 5. The molecule has 0 radical (unpaired) electrons. The minimum absolute atomic E-state index is 0.284. The molecule has 82 valence electrons. The second-order valence-corrected chi connectivity index (χ2v) is 2.65. The molecule has 0 saturated heterocycles. The molecule has 0 heterocycles. The first-order valence-electron chi connectivity index (χ1n) is 4.25. The zero-order chi connectivity index (χ0) is 11.3. The number of benzene rings is 1. The van der Waals surface area contributed by atoms with Crippen LogP contribution in [0.1, 0.15) is 6.92 Å². The van der Waals surface area contributed by atoms with Crippen LogP contribution >= 0.6 is 0 Å². The van der Waals surface area contributed by atoms with Crippen LogP contribution in [0.15, 0.2) is 18.2 Å². The van der Waals surface area contributed by atoms with E-state index in [-0.39, 0.29) is 5.75 Å². The van der Waals surface area contributed by atoms with Gasteiger partial charge in [-0.3, -0.25) is 9.78 Å². The first-order valence-corrected chi connectivity index (χ1v) is 4.25. The lowest BCUT2D eigenvalue weighted by atomic mass is 10.3. The Balaban J connectivity index is 2.90. The Bertz CT molecular complexity index is 348. The maximum absolute atomic E-state index is 10.6. The molecule has 5 heteroatoms. The molecular weight excluding hydrogens is 200 g/mol. The van der Waals surface area contributed by atoms with Crippen molar-refractivity contribution in [3.8, 4) is 17.2 Å². The van der Waals surface area contributed by atoms with Crippen molar-refractivity contribution in [2.45, 2.75) is 6.92 Å². The van der Waals surface area contributed by atoms with E-state index in [4.69, 9.17) is 14.4 Å². The van der Waals surface area contributed by atoms with Crippen LogP contribution in [0.2, 0.25) is 0 Å². The molecule has 0 aliphatic rings. The Morgan fingerprint density at radius 2 is 1.80 bits per heavy atom. The lowest BCUT2D eigenvalue weighted by Crippen LogP contribution is -2.04. The smallest absolute Gasteiger partial charge is 0.352 e. The third-order valence-electron chi connectivity index (χ3n) is 1.62. The molecule has 0 unspecified atom stereocenters. The number of methoxy groups -OCH3 is 2. The van der Waals surface area contributed by atoms with Crippen molar-refractivity contribution in [1.29, 1.82) is 0 Å². The third-order valence-corrected chi connectivity index (χ3v) is 1.62. The molecule has 0 spiro atoms. The Morgan fingerprint density at radius 1 is 1.13 bits per heavy atom. The lowest BCUT2D eigenvalue weighted by Gasteiger charge is -2.10. The molecule has 1 rings (SSSR count). The third kappa shape index (κ3) is 2.77. The average Bonchev–Trinajstić information content (AvgIpc) is 2.25. The first kappa shape index (κ1) is 11.2. The van der Waals surface area contributed by atoms with Crippen molar-refractivity contribution >= 4 is 5.97 Å². The monoisotopic (exact) mass is 212 g/mol. The second kappa shape index (κ2) is 5.09. The highest BCUT2D eigenvalue weighted by Gasteiger charge is 2.12. The summed E-state index contributed by atoms with van der Waals surface area (Å²) in [5.41, 5.74) is 0. The largest absolute Gasteiger partial charge is 0.493 e. The summed E-state index contributed by atoms with van der Waals surface area (Å²) >= 11 is 0. The van der Waals surface area contributed by atoms with Gasteiger partial charge in [-0.05, 0) is 12.1 Å². The fourth-order valence-electron chi connectivity index (χ4n) is 1.03. The van der Waals surface area contributed by atoms with E-state index >= 15 is 0 Å². The standard InChI is InChI=1S/C10H12O5/c1-7(11)14-15-9-6-4-5-8(12-2)10(9)13-3/h4-6H,1-3H3. The van der Waals surface area contributed by atoms with E-state index in [9.17, 15) is 4.79 Å². The van der Waals surface area contributed by atoms with Crippen LogP contribution in [-0.4, -0.2) is 20.2 Å². The zero-order valence-electron chi connectivity index (χ0n) is 8.77. The van der Waals surface area contributed by atoms with Gasteiger partial charge in [-0.25, -0.2) is 4.79 Å². The van der Waals surface area contributed by atoms with E-state index < -0.39 is 5.97 Å². The molecule has 0 aliphatic carbocycles. The highest BCUT2D eigenvalue weighted by molar-refractivity contribution is 5.65. The SMILES string of the molecule is COc1cccc(OOC(C)=O)c1OC. The quantitative estimate of drug-likeness (QED) is 0.560. The molecule has 0 amide bonds. The van der Waals surface area contributed by atoms with Gasteiger partial charge in [-0.1, -0.05) is 6.07 Å².